The Balaban J connectivity index is 2.03. The van der Waals surface area contributed by atoms with Gasteiger partial charge in [0.25, 0.3) is 0 Å². The van der Waals surface area contributed by atoms with Crippen LogP contribution in [0.15, 0.2) is 42.6 Å². The minimum absolute atomic E-state index is 0.380. The van der Waals surface area contributed by atoms with Gasteiger partial charge in [-0.3, -0.25) is 10.4 Å². The van der Waals surface area contributed by atoms with Gasteiger partial charge >= 0.3 is 0 Å². The molecule has 0 aliphatic rings. The normalized spacial score (nSPS) is 10.5. The molecular weight excluding hydrogens is 252 g/mol. The Morgan fingerprint density at radius 2 is 2.00 bits per heavy atom. The highest BCUT2D eigenvalue weighted by Crippen LogP contribution is 2.24. The van der Waals surface area contributed by atoms with Gasteiger partial charge in [0.15, 0.2) is 0 Å². The van der Waals surface area contributed by atoms with Gasteiger partial charge < -0.3 is 5.32 Å². The fraction of sp³-hybridized carbons (Fsp3) is 0.0714. The number of nitrogen functional groups attached to an aromatic ring is 1. The van der Waals surface area contributed by atoms with Crippen LogP contribution in [-0.2, 0) is 0 Å². The van der Waals surface area contributed by atoms with E-state index < -0.39 is 0 Å². The maximum Gasteiger partial charge on any atom is 0.239 e. The van der Waals surface area contributed by atoms with Gasteiger partial charge in [0.1, 0.15) is 5.82 Å². The standard InChI is InChI=1S/C14H14N6/c1-9-8-13(19-14(17-9)20-15)18-12-6-2-5-11-10(12)4-3-7-16-11/h2-8H,15H2,1H3,(H2,17,18,19,20). The molecule has 2 aromatic heterocycles. The molecule has 0 aliphatic carbocycles. The lowest BCUT2D eigenvalue weighted by Crippen LogP contribution is -2.11. The van der Waals surface area contributed by atoms with Gasteiger partial charge in [-0.25, -0.2) is 10.8 Å². The highest BCUT2D eigenvalue weighted by molar-refractivity contribution is 5.92. The zero-order chi connectivity index (χ0) is 13.9. The second-order valence-electron chi connectivity index (χ2n) is 4.36. The summed E-state index contributed by atoms with van der Waals surface area (Å²) in [5, 5.41) is 4.31. The number of nitrogens with zero attached hydrogens (tertiary/aromatic N) is 3. The van der Waals surface area contributed by atoms with E-state index >= 15 is 0 Å². The summed E-state index contributed by atoms with van der Waals surface area (Å²) in [6.07, 6.45) is 1.78. The molecule has 4 N–H and O–H groups in total. The second kappa shape index (κ2) is 5.10. The van der Waals surface area contributed by atoms with Crippen LogP contribution in [0.5, 0.6) is 0 Å². The van der Waals surface area contributed by atoms with Gasteiger partial charge in [0.2, 0.25) is 5.95 Å². The first-order chi connectivity index (χ1) is 9.76. The van der Waals surface area contributed by atoms with Crippen molar-refractivity contribution in [3.05, 3.63) is 48.3 Å². The Labute approximate surface area is 116 Å². The molecule has 0 saturated carbocycles. The lowest BCUT2D eigenvalue weighted by atomic mass is 10.2. The summed E-state index contributed by atoms with van der Waals surface area (Å²) in [6, 6.07) is 11.7. The van der Waals surface area contributed by atoms with Gasteiger partial charge in [-0.1, -0.05) is 6.07 Å². The fourth-order valence-corrected chi connectivity index (χ4v) is 2.05. The summed E-state index contributed by atoms with van der Waals surface area (Å²) in [5.41, 5.74) is 5.16. The number of rotatable bonds is 3. The molecule has 0 unspecified atom stereocenters. The molecule has 3 rings (SSSR count). The first-order valence-corrected chi connectivity index (χ1v) is 6.19. The van der Waals surface area contributed by atoms with Gasteiger partial charge in [-0.15, -0.1) is 0 Å². The van der Waals surface area contributed by atoms with E-state index in [9.17, 15) is 0 Å². The van der Waals surface area contributed by atoms with Gasteiger partial charge in [0.05, 0.1) is 5.52 Å². The summed E-state index contributed by atoms with van der Waals surface area (Å²) < 4.78 is 0. The van der Waals surface area contributed by atoms with Gasteiger partial charge in [-0.2, -0.15) is 4.98 Å². The zero-order valence-electron chi connectivity index (χ0n) is 11.0. The molecule has 0 spiro atoms. The molecular formula is C14H14N6. The summed E-state index contributed by atoms with van der Waals surface area (Å²) in [4.78, 5) is 12.8. The quantitative estimate of drug-likeness (QED) is 0.498. The van der Waals surface area contributed by atoms with Crippen molar-refractivity contribution in [2.24, 2.45) is 5.84 Å². The zero-order valence-corrected chi connectivity index (χ0v) is 11.0. The van der Waals surface area contributed by atoms with Crippen LogP contribution >= 0.6 is 0 Å². The van der Waals surface area contributed by atoms with Crippen LogP contribution in [0.3, 0.4) is 0 Å². The van der Waals surface area contributed by atoms with Crippen molar-refractivity contribution in [3.8, 4) is 0 Å². The number of anilines is 3. The topological polar surface area (TPSA) is 88.8 Å². The molecule has 3 aromatic rings. The van der Waals surface area contributed by atoms with Gasteiger partial charge in [0, 0.05) is 29.0 Å². The van der Waals surface area contributed by atoms with Crippen molar-refractivity contribution in [2.75, 3.05) is 10.7 Å². The first kappa shape index (κ1) is 12.3. The molecule has 6 heteroatoms. The van der Waals surface area contributed by atoms with Crippen molar-refractivity contribution in [2.45, 2.75) is 6.92 Å². The number of hydrazine groups is 1. The monoisotopic (exact) mass is 266 g/mol. The van der Waals surface area contributed by atoms with Gasteiger partial charge in [-0.05, 0) is 31.2 Å². The highest BCUT2D eigenvalue weighted by Gasteiger charge is 2.04. The van der Waals surface area contributed by atoms with Crippen LogP contribution in [-0.4, -0.2) is 15.0 Å². The maximum absolute atomic E-state index is 5.36. The predicted octanol–water partition coefficient (Wildman–Crippen LogP) is 2.36. The van der Waals surface area contributed by atoms with Crippen molar-refractivity contribution < 1.29 is 0 Å². The van der Waals surface area contributed by atoms with E-state index in [0.29, 0.717) is 11.8 Å². The number of hydrogen-bond donors (Lipinski definition) is 3. The lowest BCUT2D eigenvalue weighted by Gasteiger charge is -2.10. The minimum Gasteiger partial charge on any atom is -0.340 e. The summed E-state index contributed by atoms with van der Waals surface area (Å²) in [5.74, 6) is 6.42. The van der Waals surface area contributed by atoms with Crippen molar-refractivity contribution in [1.82, 2.24) is 15.0 Å². The predicted molar refractivity (Wildman–Crippen MR) is 79.6 cm³/mol. The lowest BCUT2D eigenvalue weighted by molar-refractivity contribution is 1.07. The van der Waals surface area contributed by atoms with Crippen LogP contribution in [0.1, 0.15) is 5.69 Å². The molecule has 0 aliphatic heterocycles. The van der Waals surface area contributed by atoms with Crippen LogP contribution in [0.4, 0.5) is 17.5 Å². The smallest absolute Gasteiger partial charge is 0.239 e. The number of pyridine rings is 1. The summed E-state index contributed by atoms with van der Waals surface area (Å²) >= 11 is 0. The second-order valence-corrected chi connectivity index (χ2v) is 4.36. The number of aromatic nitrogens is 3. The van der Waals surface area contributed by atoms with E-state index in [1.807, 2.05) is 43.3 Å². The fourth-order valence-electron chi connectivity index (χ4n) is 2.05. The number of benzene rings is 1. The van der Waals surface area contributed by atoms with Crippen LogP contribution in [0.2, 0.25) is 0 Å². The molecule has 20 heavy (non-hydrogen) atoms. The average Bonchev–Trinajstić information content (AvgIpc) is 2.47. The van der Waals surface area contributed by atoms with E-state index in [0.717, 1.165) is 22.3 Å². The Kier molecular flexibility index (Phi) is 3.14. The third kappa shape index (κ3) is 2.36. The molecule has 0 bridgehead atoms. The third-order valence-corrected chi connectivity index (χ3v) is 2.89. The number of hydrogen-bond acceptors (Lipinski definition) is 6. The molecule has 6 nitrogen and oxygen atoms in total. The first-order valence-electron chi connectivity index (χ1n) is 6.19. The van der Waals surface area contributed by atoms with Crippen molar-refractivity contribution in [3.63, 3.8) is 0 Å². The molecule has 0 fully saturated rings. The Morgan fingerprint density at radius 1 is 1.10 bits per heavy atom. The number of aryl methyl sites for hydroxylation is 1. The largest absolute Gasteiger partial charge is 0.340 e. The van der Waals surface area contributed by atoms with Crippen molar-refractivity contribution >= 4 is 28.4 Å². The Bertz CT molecular complexity index is 750. The minimum atomic E-state index is 0.380. The van der Waals surface area contributed by atoms with Crippen LogP contribution in [0.25, 0.3) is 10.9 Å². The average molecular weight is 266 g/mol. The van der Waals surface area contributed by atoms with E-state index in [1.54, 1.807) is 6.20 Å². The Morgan fingerprint density at radius 3 is 2.85 bits per heavy atom. The van der Waals surface area contributed by atoms with Crippen molar-refractivity contribution in [1.29, 1.82) is 0 Å². The highest BCUT2D eigenvalue weighted by atomic mass is 15.3. The summed E-state index contributed by atoms with van der Waals surface area (Å²) in [6.45, 7) is 1.89. The molecule has 0 atom stereocenters. The van der Waals surface area contributed by atoms with Crippen LogP contribution < -0.4 is 16.6 Å². The van der Waals surface area contributed by atoms with Crippen LogP contribution in [0, 0.1) is 6.92 Å². The third-order valence-electron chi connectivity index (χ3n) is 2.89. The van der Waals surface area contributed by atoms with E-state index in [2.05, 4.69) is 25.7 Å². The van der Waals surface area contributed by atoms with E-state index in [-0.39, 0.29) is 0 Å². The van der Waals surface area contributed by atoms with E-state index in [4.69, 9.17) is 5.84 Å². The maximum atomic E-state index is 5.36. The molecule has 0 radical (unpaired) electrons. The molecule has 0 amide bonds. The summed E-state index contributed by atoms with van der Waals surface area (Å²) in [7, 11) is 0. The number of nitrogens with one attached hydrogen (secondary N) is 2. The molecule has 1 aromatic carbocycles. The van der Waals surface area contributed by atoms with E-state index in [1.165, 1.54) is 0 Å². The molecule has 2 heterocycles. The Hall–Kier alpha value is -2.73. The number of nitrogens with two attached hydrogens (primary N) is 1. The molecule has 0 saturated heterocycles. The SMILES string of the molecule is Cc1cc(Nc2cccc3ncccc23)nc(NN)n1. The number of fused-ring (bicyclic) bond motifs is 1. The molecule has 100 valence electrons.